The van der Waals surface area contributed by atoms with Crippen molar-refractivity contribution in [2.75, 3.05) is 12.4 Å². The maximum Gasteiger partial charge on any atom is 0.247 e. The molecule has 0 saturated heterocycles. The van der Waals surface area contributed by atoms with Gasteiger partial charge >= 0.3 is 0 Å². The number of ether oxygens (including phenoxy) is 1. The van der Waals surface area contributed by atoms with Crippen molar-refractivity contribution in [3.8, 4) is 17.2 Å². The van der Waals surface area contributed by atoms with E-state index in [1.54, 1.807) is 19.2 Å². The average Bonchev–Trinajstić information content (AvgIpc) is 3.02. The van der Waals surface area contributed by atoms with Crippen LogP contribution in [0.25, 0.3) is 11.5 Å². The lowest BCUT2D eigenvalue weighted by atomic mass is 10.2. The summed E-state index contributed by atoms with van der Waals surface area (Å²) in [7, 11) is 1.63. The summed E-state index contributed by atoms with van der Waals surface area (Å²) in [5, 5.41) is 11.9. The highest BCUT2D eigenvalue weighted by Gasteiger charge is 2.08. The van der Waals surface area contributed by atoms with Crippen molar-refractivity contribution in [1.29, 1.82) is 0 Å². The second-order valence-corrected chi connectivity index (χ2v) is 5.03. The molecule has 0 radical (unpaired) electrons. The Hall–Kier alpha value is -2.53. The highest BCUT2D eigenvalue weighted by molar-refractivity contribution is 6.30. The SMILES string of the molecule is COc1cccc(NCc2nnc(-c3cccc(Cl)c3)o2)c1. The minimum Gasteiger partial charge on any atom is -0.497 e. The van der Waals surface area contributed by atoms with Gasteiger partial charge in [-0.05, 0) is 30.3 Å². The number of nitrogens with zero attached hydrogens (tertiary/aromatic N) is 2. The van der Waals surface area contributed by atoms with Gasteiger partial charge in [0.15, 0.2) is 0 Å². The third-order valence-electron chi connectivity index (χ3n) is 3.05. The van der Waals surface area contributed by atoms with E-state index in [0.29, 0.717) is 23.3 Å². The number of rotatable bonds is 5. The number of nitrogens with one attached hydrogen (secondary N) is 1. The third-order valence-corrected chi connectivity index (χ3v) is 3.29. The molecule has 1 N–H and O–H groups in total. The lowest BCUT2D eigenvalue weighted by Gasteiger charge is -2.05. The molecule has 0 unspecified atom stereocenters. The van der Waals surface area contributed by atoms with Gasteiger partial charge in [0.1, 0.15) is 5.75 Å². The van der Waals surface area contributed by atoms with Gasteiger partial charge in [-0.1, -0.05) is 23.7 Å². The van der Waals surface area contributed by atoms with E-state index < -0.39 is 0 Å². The number of hydrogen-bond acceptors (Lipinski definition) is 5. The Bertz CT molecular complexity index is 773. The van der Waals surface area contributed by atoms with Gasteiger partial charge in [-0.15, -0.1) is 10.2 Å². The normalized spacial score (nSPS) is 10.5. The first kappa shape index (κ1) is 14.4. The van der Waals surface area contributed by atoms with Crippen molar-refractivity contribution in [2.45, 2.75) is 6.54 Å². The number of anilines is 1. The molecule has 5 nitrogen and oxygen atoms in total. The first-order valence-electron chi connectivity index (χ1n) is 6.71. The van der Waals surface area contributed by atoms with Crippen LogP contribution in [0.15, 0.2) is 52.9 Å². The van der Waals surface area contributed by atoms with E-state index in [0.717, 1.165) is 17.0 Å². The second kappa shape index (κ2) is 6.49. The van der Waals surface area contributed by atoms with Crippen molar-refractivity contribution in [3.63, 3.8) is 0 Å². The molecule has 0 atom stereocenters. The van der Waals surface area contributed by atoms with Crippen LogP contribution in [0, 0.1) is 0 Å². The van der Waals surface area contributed by atoms with Crippen LogP contribution in [0.4, 0.5) is 5.69 Å². The third kappa shape index (κ3) is 3.38. The van der Waals surface area contributed by atoms with Crippen LogP contribution < -0.4 is 10.1 Å². The number of aromatic nitrogens is 2. The molecule has 0 saturated carbocycles. The zero-order valence-electron chi connectivity index (χ0n) is 11.9. The smallest absolute Gasteiger partial charge is 0.247 e. The highest BCUT2D eigenvalue weighted by Crippen LogP contribution is 2.22. The van der Waals surface area contributed by atoms with Gasteiger partial charge in [0.25, 0.3) is 0 Å². The Labute approximate surface area is 132 Å². The fourth-order valence-electron chi connectivity index (χ4n) is 1.97. The molecular weight excluding hydrogens is 302 g/mol. The maximum absolute atomic E-state index is 5.96. The molecule has 22 heavy (non-hydrogen) atoms. The standard InChI is InChI=1S/C16H14ClN3O2/c1-21-14-7-3-6-13(9-14)18-10-15-19-20-16(22-15)11-4-2-5-12(17)8-11/h2-9,18H,10H2,1H3. The molecule has 0 aliphatic carbocycles. The van der Waals surface area contributed by atoms with Gasteiger partial charge in [0.2, 0.25) is 11.8 Å². The first-order chi connectivity index (χ1) is 10.7. The molecule has 0 aliphatic rings. The number of benzene rings is 2. The molecule has 6 heteroatoms. The maximum atomic E-state index is 5.96. The van der Waals surface area contributed by atoms with E-state index in [1.165, 1.54) is 0 Å². The van der Waals surface area contributed by atoms with Gasteiger partial charge in [-0.25, -0.2) is 0 Å². The average molecular weight is 316 g/mol. The highest BCUT2D eigenvalue weighted by atomic mass is 35.5. The topological polar surface area (TPSA) is 60.2 Å². The molecule has 0 bridgehead atoms. The molecule has 0 spiro atoms. The summed E-state index contributed by atoms with van der Waals surface area (Å²) in [6.45, 7) is 0.431. The van der Waals surface area contributed by atoms with Crippen LogP contribution in [0.2, 0.25) is 5.02 Å². The van der Waals surface area contributed by atoms with Gasteiger partial charge < -0.3 is 14.5 Å². The summed E-state index contributed by atoms with van der Waals surface area (Å²) in [5.41, 5.74) is 1.72. The van der Waals surface area contributed by atoms with Crippen LogP contribution in [0.5, 0.6) is 5.75 Å². The van der Waals surface area contributed by atoms with Gasteiger partial charge in [-0.3, -0.25) is 0 Å². The monoisotopic (exact) mass is 315 g/mol. The Kier molecular flexibility index (Phi) is 4.25. The van der Waals surface area contributed by atoms with Gasteiger partial charge in [-0.2, -0.15) is 0 Å². The minimum absolute atomic E-state index is 0.431. The Balaban J connectivity index is 1.69. The van der Waals surface area contributed by atoms with Crippen LogP contribution in [-0.2, 0) is 6.54 Å². The lowest BCUT2D eigenvalue weighted by Crippen LogP contribution is -1.99. The van der Waals surface area contributed by atoms with Gasteiger partial charge in [0.05, 0.1) is 13.7 Å². The molecule has 0 aliphatic heterocycles. The molecule has 3 rings (SSSR count). The second-order valence-electron chi connectivity index (χ2n) is 4.60. The minimum atomic E-state index is 0.431. The fourth-order valence-corrected chi connectivity index (χ4v) is 2.16. The summed E-state index contributed by atoms with van der Waals surface area (Å²) < 4.78 is 10.8. The molecule has 112 valence electrons. The van der Waals surface area contributed by atoms with E-state index in [2.05, 4.69) is 15.5 Å². The molecule has 1 aromatic heterocycles. The van der Waals surface area contributed by atoms with Crippen molar-refractivity contribution in [2.24, 2.45) is 0 Å². The van der Waals surface area contributed by atoms with Crippen molar-refractivity contribution in [1.82, 2.24) is 10.2 Å². The quantitative estimate of drug-likeness (QED) is 0.770. The number of halogens is 1. The number of methoxy groups -OCH3 is 1. The van der Waals surface area contributed by atoms with Crippen molar-refractivity contribution < 1.29 is 9.15 Å². The zero-order chi connectivity index (χ0) is 15.4. The molecule has 0 fully saturated rings. The Morgan fingerprint density at radius 3 is 2.82 bits per heavy atom. The molecular formula is C16H14ClN3O2. The van der Waals surface area contributed by atoms with Crippen LogP contribution in [0.1, 0.15) is 5.89 Å². The van der Waals surface area contributed by atoms with Crippen LogP contribution in [-0.4, -0.2) is 17.3 Å². The molecule has 1 heterocycles. The summed E-state index contributed by atoms with van der Waals surface area (Å²) in [5.74, 6) is 1.73. The van der Waals surface area contributed by atoms with Crippen molar-refractivity contribution in [3.05, 3.63) is 59.4 Å². The first-order valence-corrected chi connectivity index (χ1v) is 7.08. The van der Waals surface area contributed by atoms with Gasteiger partial charge in [0, 0.05) is 22.3 Å². The van der Waals surface area contributed by atoms with E-state index in [1.807, 2.05) is 36.4 Å². The molecule has 3 aromatic rings. The van der Waals surface area contributed by atoms with Crippen molar-refractivity contribution >= 4 is 17.3 Å². The largest absolute Gasteiger partial charge is 0.497 e. The predicted octanol–water partition coefficient (Wildman–Crippen LogP) is 4.01. The van der Waals surface area contributed by atoms with E-state index >= 15 is 0 Å². The summed E-state index contributed by atoms with van der Waals surface area (Å²) in [6.07, 6.45) is 0. The zero-order valence-corrected chi connectivity index (χ0v) is 12.7. The number of hydrogen-bond donors (Lipinski definition) is 1. The molecule has 0 amide bonds. The van der Waals surface area contributed by atoms with Crippen LogP contribution >= 0.6 is 11.6 Å². The Morgan fingerprint density at radius 2 is 2.00 bits per heavy atom. The Morgan fingerprint density at radius 1 is 1.14 bits per heavy atom. The van der Waals surface area contributed by atoms with Crippen LogP contribution in [0.3, 0.4) is 0 Å². The van der Waals surface area contributed by atoms with E-state index in [4.69, 9.17) is 20.8 Å². The van der Waals surface area contributed by atoms with E-state index in [9.17, 15) is 0 Å². The lowest BCUT2D eigenvalue weighted by molar-refractivity contribution is 0.415. The van der Waals surface area contributed by atoms with E-state index in [-0.39, 0.29) is 0 Å². The molecule has 2 aromatic carbocycles. The predicted molar refractivity (Wildman–Crippen MR) is 85.1 cm³/mol. The summed E-state index contributed by atoms with van der Waals surface area (Å²) >= 11 is 5.96. The summed E-state index contributed by atoms with van der Waals surface area (Å²) in [4.78, 5) is 0. The fraction of sp³-hybridized carbons (Fsp3) is 0.125. The summed E-state index contributed by atoms with van der Waals surface area (Å²) in [6, 6.07) is 14.9.